The van der Waals surface area contributed by atoms with Gasteiger partial charge in [-0.05, 0) is 16.3 Å². The zero-order valence-corrected chi connectivity index (χ0v) is 14.4. The van der Waals surface area contributed by atoms with E-state index in [4.69, 9.17) is 0 Å². The van der Waals surface area contributed by atoms with Crippen molar-refractivity contribution >= 4 is 17.0 Å². The highest BCUT2D eigenvalue weighted by Gasteiger charge is 2.19. The number of hydrogen-bond acceptors (Lipinski definition) is 2. The standard InChI is InChI=1S/C22H23N3/c1-2-7-19(8-3-1)17-23-25-15-13-24(14-16-25)18-21-11-6-10-20-9-4-5-12-22(20)21/h1-12,17H,13-16,18H2/p+1. The first-order valence-electron chi connectivity index (χ1n) is 9.03. The lowest BCUT2D eigenvalue weighted by Gasteiger charge is -2.30. The van der Waals surface area contributed by atoms with Crippen LogP contribution in [0.15, 0.2) is 77.9 Å². The topological polar surface area (TPSA) is 20.0 Å². The molecule has 4 rings (SSSR count). The van der Waals surface area contributed by atoms with Crippen LogP contribution in [-0.2, 0) is 6.54 Å². The van der Waals surface area contributed by atoms with E-state index < -0.39 is 0 Å². The fourth-order valence-corrected chi connectivity index (χ4v) is 3.51. The number of fused-ring (bicyclic) bond motifs is 1. The van der Waals surface area contributed by atoms with Gasteiger partial charge in [-0.1, -0.05) is 72.8 Å². The van der Waals surface area contributed by atoms with Crippen LogP contribution in [0.25, 0.3) is 10.8 Å². The monoisotopic (exact) mass is 330 g/mol. The molecule has 0 saturated carbocycles. The second-order valence-electron chi connectivity index (χ2n) is 6.67. The molecule has 0 spiro atoms. The summed E-state index contributed by atoms with van der Waals surface area (Å²) in [5.74, 6) is 0. The number of piperazine rings is 1. The van der Waals surface area contributed by atoms with E-state index in [0.717, 1.165) is 38.3 Å². The van der Waals surface area contributed by atoms with Crippen molar-refractivity contribution in [2.24, 2.45) is 5.10 Å². The lowest BCUT2D eigenvalue weighted by Crippen LogP contribution is -3.13. The summed E-state index contributed by atoms with van der Waals surface area (Å²) >= 11 is 0. The smallest absolute Gasteiger partial charge is 0.104 e. The summed E-state index contributed by atoms with van der Waals surface area (Å²) in [5, 5.41) is 9.56. The highest BCUT2D eigenvalue weighted by Crippen LogP contribution is 2.17. The van der Waals surface area contributed by atoms with Crippen molar-refractivity contribution in [3.8, 4) is 0 Å². The maximum atomic E-state index is 4.64. The van der Waals surface area contributed by atoms with Crippen molar-refractivity contribution < 1.29 is 4.90 Å². The van der Waals surface area contributed by atoms with E-state index in [1.54, 1.807) is 4.90 Å². The van der Waals surface area contributed by atoms with E-state index in [1.807, 2.05) is 24.4 Å². The molecule has 0 unspecified atom stereocenters. The Bertz CT molecular complexity index is 844. The van der Waals surface area contributed by atoms with Crippen LogP contribution >= 0.6 is 0 Å². The number of hydrazone groups is 1. The van der Waals surface area contributed by atoms with E-state index in [2.05, 4.69) is 64.7 Å². The molecule has 0 bridgehead atoms. The van der Waals surface area contributed by atoms with E-state index in [-0.39, 0.29) is 0 Å². The van der Waals surface area contributed by atoms with Gasteiger partial charge in [0.05, 0.1) is 32.4 Å². The van der Waals surface area contributed by atoms with Gasteiger partial charge in [-0.25, -0.2) is 0 Å². The Hall–Kier alpha value is -2.65. The maximum Gasteiger partial charge on any atom is 0.104 e. The first kappa shape index (κ1) is 15.9. The van der Waals surface area contributed by atoms with Gasteiger partial charge in [-0.3, -0.25) is 5.01 Å². The normalized spacial score (nSPS) is 15.9. The van der Waals surface area contributed by atoms with Crippen molar-refractivity contribution in [2.75, 3.05) is 26.2 Å². The van der Waals surface area contributed by atoms with Gasteiger partial charge in [0.25, 0.3) is 0 Å². The fraction of sp³-hybridized carbons (Fsp3) is 0.227. The molecule has 3 aromatic rings. The minimum absolute atomic E-state index is 1.02. The van der Waals surface area contributed by atoms with Crippen LogP contribution in [-0.4, -0.2) is 37.4 Å². The van der Waals surface area contributed by atoms with Crippen molar-refractivity contribution in [3.05, 3.63) is 83.9 Å². The second kappa shape index (κ2) is 7.49. The number of quaternary nitrogens is 1. The zero-order valence-electron chi connectivity index (χ0n) is 14.4. The van der Waals surface area contributed by atoms with Gasteiger partial charge >= 0.3 is 0 Å². The molecule has 0 amide bonds. The molecular weight excluding hydrogens is 306 g/mol. The van der Waals surface area contributed by atoms with E-state index in [9.17, 15) is 0 Å². The van der Waals surface area contributed by atoms with Gasteiger partial charge in [-0.2, -0.15) is 5.10 Å². The summed E-state index contributed by atoms with van der Waals surface area (Å²) in [7, 11) is 0. The van der Waals surface area contributed by atoms with Crippen molar-refractivity contribution in [2.45, 2.75) is 6.54 Å². The summed E-state index contributed by atoms with van der Waals surface area (Å²) < 4.78 is 0. The second-order valence-corrected chi connectivity index (χ2v) is 6.67. The molecule has 1 fully saturated rings. The molecular formula is C22H24N3+. The lowest BCUT2D eigenvalue weighted by molar-refractivity contribution is -0.918. The Kier molecular flexibility index (Phi) is 4.75. The Labute approximate surface area is 149 Å². The first-order chi connectivity index (χ1) is 12.4. The van der Waals surface area contributed by atoms with Crippen LogP contribution in [0.1, 0.15) is 11.1 Å². The number of nitrogens with one attached hydrogen (secondary N) is 1. The number of benzene rings is 3. The summed E-state index contributed by atoms with van der Waals surface area (Å²) in [5.41, 5.74) is 2.61. The lowest BCUT2D eigenvalue weighted by atomic mass is 10.0. The Morgan fingerprint density at radius 2 is 1.56 bits per heavy atom. The summed E-state index contributed by atoms with van der Waals surface area (Å²) in [4.78, 5) is 1.64. The molecule has 3 nitrogen and oxygen atoms in total. The van der Waals surface area contributed by atoms with Gasteiger partial charge in [0.15, 0.2) is 0 Å². The molecule has 1 heterocycles. The SMILES string of the molecule is C(=NN1CC[NH+](Cc2cccc3ccccc23)CC1)c1ccccc1. The summed E-state index contributed by atoms with van der Waals surface area (Å²) in [6.45, 7) is 5.40. The molecule has 0 atom stereocenters. The quantitative estimate of drug-likeness (QED) is 0.729. The van der Waals surface area contributed by atoms with Crippen LogP contribution < -0.4 is 4.90 Å². The third kappa shape index (κ3) is 3.89. The van der Waals surface area contributed by atoms with Crippen molar-refractivity contribution in [3.63, 3.8) is 0 Å². The van der Waals surface area contributed by atoms with Crippen LogP contribution in [0.4, 0.5) is 0 Å². The van der Waals surface area contributed by atoms with Crippen LogP contribution in [0, 0.1) is 0 Å². The molecule has 1 aliphatic rings. The average molecular weight is 330 g/mol. The number of rotatable bonds is 4. The predicted octanol–water partition coefficient (Wildman–Crippen LogP) is 2.57. The van der Waals surface area contributed by atoms with Crippen molar-refractivity contribution in [1.29, 1.82) is 0 Å². The highest BCUT2D eigenvalue weighted by atomic mass is 15.5. The summed E-state index contributed by atoms with van der Waals surface area (Å²) in [6, 6.07) is 25.6. The molecule has 25 heavy (non-hydrogen) atoms. The minimum atomic E-state index is 1.02. The minimum Gasteiger partial charge on any atom is -0.328 e. The Morgan fingerprint density at radius 1 is 0.840 bits per heavy atom. The number of hydrogen-bond donors (Lipinski definition) is 1. The Morgan fingerprint density at radius 3 is 2.40 bits per heavy atom. The van der Waals surface area contributed by atoms with E-state index in [0.29, 0.717) is 0 Å². The van der Waals surface area contributed by atoms with E-state index in [1.165, 1.54) is 16.3 Å². The predicted molar refractivity (Wildman–Crippen MR) is 104 cm³/mol. The first-order valence-corrected chi connectivity index (χ1v) is 9.03. The van der Waals surface area contributed by atoms with Gasteiger partial charge < -0.3 is 4.90 Å². The van der Waals surface area contributed by atoms with Crippen LogP contribution in [0.5, 0.6) is 0 Å². The molecule has 1 saturated heterocycles. The molecule has 3 aromatic carbocycles. The van der Waals surface area contributed by atoms with Gasteiger partial charge in [-0.15, -0.1) is 0 Å². The van der Waals surface area contributed by atoms with Gasteiger partial charge in [0.2, 0.25) is 0 Å². The maximum absolute atomic E-state index is 4.64. The molecule has 1 aliphatic heterocycles. The van der Waals surface area contributed by atoms with Crippen molar-refractivity contribution in [1.82, 2.24) is 5.01 Å². The molecule has 0 radical (unpaired) electrons. The average Bonchev–Trinajstić information content (AvgIpc) is 2.69. The number of nitrogens with zero attached hydrogens (tertiary/aromatic N) is 2. The zero-order chi connectivity index (χ0) is 16.9. The third-order valence-corrected chi connectivity index (χ3v) is 4.94. The highest BCUT2D eigenvalue weighted by molar-refractivity contribution is 5.85. The van der Waals surface area contributed by atoms with Crippen LogP contribution in [0.2, 0.25) is 0 Å². The third-order valence-electron chi connectivity index (χ3n) is 4.94. The summed E-state index contributed by atoms with van der Waals surface area (Å²) in [6.07, 6.45) is 1.97. The Balaban J connectivity index is 1.36. The molecule has 0 aliphatic carbocycles. The molecule has 1 N–H and O–H groups in total. The molecule has 126 valence electrons. The van der Waals surface area contributed by atoms with Gasteiger partial charge in [0, 0.05) is 5.56 Å². The molecule has 3 heteroatoms. The van der Waals surface area contributed by atoms with E-state index >= 15 is 0 Å². The fourth-order valence-electron chi connectivity index (χ4n) is 3.51. The largest absolute Gasteiger partial charge is 0.328 e. The van der Waals surface area contributed by atoms with Crippen LogP contribution in [0.3, 0.4) is 0 Å². The molecule has 0 aromatic heterocycles. The van der Waals surface area contributed by atoms with Gasteiger partial charge in [0.1, 0.15) is 6.54 Å².